The molecule has 7 heteroatoms. The fraction of sp³-hybridized carbons (Fsp3) is 0.520. The van der Waals surface area contributed by atoms with Crippen molar-refractivity contribution >= 4 is 0 Å². The molecule has 0 bridgehead atoms. The van der Waals surface area contributed by atoms with Crippen molar-refractivity contribution in [3.8, 4) is 11.5 Å². The summed E-state index contributed by atoms with van der Waals surface area (Å²) in [4.78, 5) is 4.32. The number of rotatable bonds is 7. The van der Waals surface area contributed by atoms with Gasteiger partial charge in [-0.1, -0.05) is 60.4 Å². The third kappa shape index (κ3) is 11.4. The van der Waals surface area contributed by atoms with Crippen molar-refractivity contribution in [3.63, 3.8) is 0 Å². The summed E-state index contributed by atoms with van der Waals surface area (Å²) < 4.78 is 0. The maximum absolute atomic E-state index is 12.3. The molecule has 2 rings (SSSR count). The van der Waals surface area contributed by atoms with Crippen molar-refractivity contribution in [2.24, 2.45) is 0 Å². The van der Waals surface area contributed by atoms with Crippen LogP contribution in [0.3, 0.4) is 0 Å². The summed E-state index contributed by atoms with van der Waals surface area (Å²) in [6, 6.07) is 7.83. The monoisotopic (exact) mass is 480 g/mol. The third-order valence-electron chi connectivity index (χ3n) is 4.74. The molecule has 0 aliphatic heterocycles. The fourth-order valence-electron chi connectivity index (χ4n) is 3.40. The summed E-state index contributed by atoms with van der Waals surface area (Å²) in [5, 5.41) is 34.1. The second-order valence-corrected chi connectivity index (χ2v) is 8.66. The molecule has 181 valence electrons. The zero-order valence-corrected chi connectivity index (χ0v) is 22.1. The molecule has 6 nitrogen and oxygen atoms in total. The van der Waals surface area contributed by atoms with Crippen molar-refractivity contribution in [2.75, 3.05) is 27.2 Å². The number of benzene rings is 2. The SMILES string of the molecule is CC(C)[O-].Cc1cc(C)c([O-])c(CN(C)CCN(C)Cc2cc(C)cc(C)c2[O-])c1.[O-2].[V]. The molecule has 32 heavy (non-hydrogen) atoms. The molecule has 0 saturated heterocycles. The van der Waals surface area contributed by atoms with E-state index >= 15 is 0 Å². The van der Waals surface area contributed by atoms with Gasteiger partial charge in [-0.05, 0) is 52.9 Å². The van der Waals surface area contributed by atoms with Gasteiger partial charge in [0.25, 0.3) is 0 Å². The number of aryl methyl sites for hydroxylation is 4. The van der Waals surface area contributed by atoms with Crippen LogP contribution in [0.1, 0.15) is 47.2 Å². The number of hydrogen-bond donors (Lipinski definition) is 0. The minimum Gasteiger partial charge on any atom is -2.00 e. The quantitative estimate of drug-likeness (QED) is 0.605. The fourth-order valence-corrected chi connectivity index (χ4v) is 3.40. The topological polar surface area (TPSA) is 104 Å². The predicted octanol–water partition coefficient (Wildman–Crippen LogP) is 2.27. The Hall–Kier alpha value is -1.54. The van der Waals surface area contributed by atoms with Gasteiger partial charge < -0.3 is 30.6 Å². The zero-order valence-electron chi connectivity index (χ0n) is 20.7. The van der Waals surface area contributed by atoms with Gasteiger partial charge in [-0.3, -0.25) is 0 Å². The van der Waals surface area contributed by atoms with Gasteiger partial charge in [0.05, 0.1) is 0 Å². The maximum atomic E-state index is 12.3. The van der Waals surface area contributed by atoms with E-state index in [2.05, 4.69) is 9.80 Å². The van der Waals surface area contributed by atoms with Gasteiger partial charge in [-0.2, -0.15) is 0 Å². The Morgan fingerprint density at radius 3 is 1.28 bits per heavy atom. The van der Waals surface area contributed by atoms with Crippen LogP contribution in [0.4, 0.5) is 0 Å². The molecular formula is C25H37N2O4V-5. The third-order valence-corrected chi connectivity index (χ3v) is 4.74. The summed E-state index contributed by atoms with van der Waals surface area (Å²) in [5.41, 5.74) is 5.57. The smallest absolute Gasteiger partial charge is 0.0225 e. The van der Waals surface area contributed by atoms with E-state index in [9.17, 15) is 15.3 Å². The first-order valence-electron chi connectivity index (χ1n) is 10.5. The first-order chi connectivity index (χ1) is 13.9. The van der Waals surface area contributed by atoms with Crippen molar-refractivity contribution in [2.45, 2.75) is 60.7 Å². The van der Waals surface area contributed by atoms with Crippen LogP contribution >= 0.6 is 0 Å². The number of likely N-dealkylation sites (N-methyl/N-ethyl adjacent to an activating group) is 2. The molecule has 2 aromatic carbocycles. The summed E-state index contributed by atoms with van der Waals surface area (Å²) in [6.07, 6.45) is -0.417. The maximum Gasteiger partial charge on any atom is 0.0225 e. The van der Waals surface area contributed by atoms with Gasteiger partial charge in [-0.15, -0.1) is 17.6 Å². The molecule has 2 aromatic rings. The Labute approximate surface area is 206 Å². The van der Waals surface area contributed by atoms with Crippen LogP contribution < -0.4 is 15.3 Å². The van der Waals surface area contributed by atoms with Crippen LogP contribution in [0.2, 0.25) is 0 Å². The van der Waals surface area contributed by atoms with Gasteiger partial charge >= 0.3 is 0 Å². The van der Waals surface area contributed by atoms with Crippen LogP contribution in [-0.2, 0) is 37.1 Å². The van der Waals surface area contributed by atoms with Crippen molar-refractivity contribution < 1.29 is 39.4 Å². The first kappa shape index (κ1) is 32.6. The molecule has 0 aliphatic carbocycles. The second kappa shape index (κ2) is 15.3. The molecule has 0 spiro atoms. The van der Waals surface area contributed by atoms with Gasteiger partial charge in [0, 0.05) is 44.7 Å². The average molecular weight is 481 g/mol. The Balaban J connectivity index is 0. The van der Waals surface area contributed by atoms with Crippen molar-refractivity contribution in [3.05, 3.63) is 57.6 Å². The minimum atomic E-state index is -0.417. The van der Waals surface area contributed by atoms with Crippen LogP contribution in [0.25, 0.3) is 0 Å². The zero-order chi connectivity index (χ0) is 23.0. The Bertz CT molecular complexity index is 760. The molecule has 0 unspecified atom stereocenters. The standard InChI is InChI=1S/C22H32N2O2.C3H7O.O.V/c1-15-9-17(3)21(25)19(11-15)13-23(5)7-8-24(6)14-20-12-16(2)10-18(4)22(20)26;1-3(2)4;;/h9-12,25-26H,7-8,13-14H2,1-6H3;3H,1-2H3;;/q;-1;-2;/p-2. The summed E-state index contributed by atoms with van der Waals surface area (Å²) in [6.45, 7) is 14.0. The van der Waals surface area contributed by atoms with Crippen LogP contribution in [-0.4, -0.2) is 43.1 Å². The summed E-state index contributed by atoms with van der Waals surface area (Å²) in [5.74, 6) is 0.282. The van der Waals surface area contributed by atoms with E-state index < -0.39 is 6.10 Å². The molecule has 1 radical (unpaired) electrons. The minimum absolute atomic E-state index is 0. The van der Waals surface area contributed by atoms with Gasteiger partial charge in [0.15, 0.2) is 0 Å². The van der Waals surface area contributed by atoms with E-state index in [1.54, 1.807) is 13.8 Å². The van der Waals surface area contributed by atoms with E-state index in [0.29, 0.717) is 13.1 Å². The molecule has 0 aromatic heterocycles. The Kier molecular flexibility index (Phi) is 15.6. The molecular weight excluding hydrogens is 443 g/mol. The van der Waals surface area contributed by atoms with Gasteiger partial charge in [0.2, 0.25) is 0 Å². The predicted molar refractivity (Wildman–Crippen MR) is 119 cm³/mol. The average Bonchev–Trinajstić information content (AvgIpc) is 2.61. The van der Waals surface area contributed by atoms with Crippen molar-refractivity contribution in [1.29, 1.82) is 0 Å². The van der Waals surface area contributed by atoms with Gasteiger partial charge in [0.1, 0.15) is 0 Å². The molecule has 0 N–H and O–H groups in total. The molecule has 0 saturated carbocycles. The largest absolute Gasteiger partial charge is 2.00 e. The van der Waals surface area contributed by atoms with Crippen molar-refractivity contribution in [1.82, 2.24) is 9.80 Å². The second-order valence-electron chi connectivity index (χ2n) is 8.66. The Morgan fingerprint density at radius 1 is 0.719 bits per heavy atom. The molecule has 0 heterocycles. The summed E-state index contributed by atoms with van der Waals surface area (Å²) >= 11 is 0. The van der Waals surface area contributed by atoms with E-state index in [-0.39, 0.29) is 35.5 Å². The number of hydrogen-bond acceptors (Lipinski definition) is 5. The molecule has 0 aliphatic rings. The van der Waals surface area contributed by atoms with Crippen LogP contribution in [0, 0.1) is 27.7 Å². The summed E-state index contributed by atoms with van der Waals surface area (Å²) in [7, 11) is 4.06. The molecule has 0 fully saturated rings. The Morgan fingerprint density at radius 2 is 1.00 bits per heavy atom. The van der Waals surface area contributed by atoms with E-state index in [4.69, 9.17) is 0 Å². The van der Waals surface area contributed by atoms with Crippen LogP contribution in [0.15, 0.2) is 24.3 Å². The van der Waals surface area contributed by atoms with E-state index in [1.807, 2.05) is 66.1 Å². The normalized spacial score (nSPS) is 10.5. The molecule has 0 amide bonds. The first-order valence-corrected chi connectivity index (χ1v) is 10.5. The molecule has 0 atom stereocenters. The number of nitrogens with zero attached hydrogens (tertiary/aromatic N) is 2. The van der Waals surface area contributed by atoms with E-state index in [1.165, 1.54) is 0 Å². The van der Waals surface area contributed by atoms with E-state index in [0.717, 1.165) is 46.5 Å². The van der Waals surface area contributed by atoms with Gasteiger partial charge in [-0.25, -0.2) is 0 Å². The van der Waals surface area contributed by atoms with Crippen LogP contribution in [0.5, 0.6) is 11.5 Å².